The molecule has 3 heterocycles. The van der Waals surface area contributed by atoms with Crippen LogP contribution < -0.4 is 4.90 Å². The first-order valence-electron chi connectivity index (χ1n) is 8.05. The van der Waals surface area contributed by atoms with Crippen LogP contribution in [0.2, 0.25) is 0 Å². The molecule has 0 amide bonds. The molecule has 1 aromatic carbocycles. The number of nitro benzene ring substituents is 1. The van der Waals surface area contributed by atoms with Gasteiger partial charge in [0, 0.05) is 30.8 Å². The summed E-state index contributed by atoms with van der Waals surface area (Å²) in [6, 6.07) is 5.98. The van der Waals surface area contributed by atoms with Crippen LogP contribution in [-0.4, -0.2) is 51.6 Å². The number of rotatable bonds is 6. The second-order valence-corrected chi connectivity index (χ2v) is 7.72. The number of ether oxygens (including phenoxy) is 1. The van der Waals surface area contributed by atoms with Crippen molar-refractivity contribution in [1.82, 2.24) is 20.4 Å². The average molecular weight is 406 g/mol. The smallest absolute Gasteiger partial charge is 0.269 e. The molecule has 10 nitrogen and oxygen atoms in total. The minimum atomic E-state index is -0.451. The van der Waals surface area contributed by atoms with Crippen LogP contribution in [-0.2, 0) is 10.5 Å². The SMILES string of the molecule is O=[N+]([O-])c1ccc(-c2nnc(CSc3nnc(N4CCOCC4)s3)o2)cc1. The van der Waals surface area contributed by atoms with Gasteiger partial charge in [0.15, 0.2) is 4.34 Å². The molecule has 0 radical (unpaired) electrons. The van der Waals surface area contributed by atoms with E-state index in [4.69, 9.17) is 9.15 Å². The van der Waals surface area contributed by atoms with E-state index in [9.17, 15) is 10.1 Å². The van der Waals surface area contributed by atoms with Gasteiger partial charge in [-0.1, -0.05) is 23.1 Å². The molecule has 1 fully saturated rings. The van der Waals surface area contributed by atoms with Crippen LogP contribution in [0.3, 0.4) is 0 Å². The lowest BCUT2D eigenvalue weighted by molar-refractivity contribution is -0.384. The van der Waals surface area contributed by atoms with E-state index < -0.39 is 4.92 Å². The topological polar surface area (TPSA) is 120 Å². The maximum atomic E-state index is 10.7. The number of non-ortho nitro benzene ring substituents is 1. The lowest BCUT2D eigenvalue weighted by Crippen LogP contribution is -2.36. The lowest BCUT2D eigenvalue weighted by atomic mass is 10.2. The Morgan fingerprint density at radius 1 is 1.15 bits per heavy atom. The molecule has 0 unspecified atom stereocenters. The fraction of sp³-hybridized carbons (Fsp3) is 0.333. The Bertz CT molecular complexity index is 923. The van der Waals surface area contributed by atoms with Gasteiger partial charge in [0.1, 0.15) is 0 Å². The average Bonchev–Trinajstić information content (AvgIpc) is 3.37. The minimum absolute atomic E-state index is 0.0152. The van der Waals surface area contributed by atoms with Crippen molar-refractivity contribution in [1.29, 1.82) is 0 Å². The number of benzene rings is 1. The lowest BCUT2D eigenvalue weighted by Gasteiger charge is -2.25. The third-order valence-electron chi connectivity index (χ3n) is 3.79. The molecule has 27 heavy (non-hydrogen) atoms. The maximum Gasteiger partial charge on any atom is 0.269 e. The summed E-state index contributed by atoms with van der Waals surface area (Å²) in [7, 11) is 0. The van der Waals surface area contributed by atoms with Crippen molar-refractivity contribution in [3.63, 3.8) is 0 Å². The third-order valence-corrected chi connectivity index (χ3v) is 5.89. The van der Waals surface area contributed by atoms with Gasteiger partial charge < -0.3 is 14.1 Å². The predicted octanol–water partition coefficient (Wildman–Crippen LogP) is 2.63. The Kier molecular flexibility index (Phi) is 5.27. The van der Waals surface area contributed by atoms with Crippen LogP contribution >= 0.6 is 23.1 Å². The van der Waals surface area contributed by atoms with Gasteiger partial charge in [-0.3, -0.25) is 10.1 Å². The second kappa shape index (κ2) is 7.98. The molecule has 1 aliphatic rings. The third kappa shape index (κ3) is 4.23. The van der Waals surface area contributed by atoms with E-state index in [1.54, 1.807) is 12.1 Å². The monoisotopic (exact) mass is 406 g/mol. The van der Waals surface area contributed by atoms with Crippen molar-refractivity contribution in [2.24, 2.45) is 0 Å². The molecule has 3 aromatic rings. The highest BCUT2D eigenvalue weighted by atomic mass is 32.2. The number of thioether (sulfide) groups is 1. The number of anilines is 1. The Morgan fingerprint density at radius 2 is 1.93 bits per heavy atom. The first-order chi connectivity index (χ1) is 13.2. The fourth-order valence-corrected chi connectivity index (χ4v) is 4.15. The number of morpholine rings is 1. The van der Waals surface area contributed by atoms with Crippen molar-refractivity contribution in [3.05, 3.63) is 40.3 Å². The second-order valence-electron chi connectivity index (χ2n) is 5.54. The van der Waals surface area contributed by atoms with E-state index in [-0.39, 0.29) is 5.69 Å². The number of nitro groups is 1. The first kappa shape index (κ1) is 17.8. The van der Waals surface area contributed by atoms with E-state index in [1.807, 2.05) is 0 Å². The maximum absolute atomic E-state index is 10.7. The molecule has 1 saturated heterocycles. The number of nitrogens with zero attached hydrogens (tertiary/aromatic N) is 6. The van der Waals surface area contributed by atoms with E-state index in [0.29, 0.717) is 36.3 Å². The molecule has 0 aliphatic carbocycles. The highest BCUT2D eigenvalue weighted by Gasteiger charge is 2.17. The van der Waals surface area contributed by atoms with Crippen LogP contribution in [0.1, 0.15) is 5.89 Å². The molecule has 0 saturated carbocycles. The number of aromatic nitrogens is 4. The molecule has 12 heteroatoms. The number of hydrogen-bond acceptors (Lipinski definition) is 11. The molecule has 0 bridgehead atoms. The van der Waals surface area contributed by atoms with Crippen LogP contribution in [0.4, 0.5) is 10.8 Å². The van der Waals surface area contributed by atoms with Crippen LogP contribution in [0.25, 0.3) is 11.5 Å². The van der Waals surface area contributed by atoms with Gasteiger partial charge in [-0.25, -0.2) is 0 Å². The highest BCUT2D eigenvalue weighted by Crippen LogP contribution is 2.31. The molecule has 2 aromatic heterocycles. The summed E-state index contributed by atoms with van der Waals surface area (Å²) in [5.74, 6) is 1.25. The molecular formula is C15H14N6O4S2. The van der Waals surface area contributed by atoms with Crippen LogP contribution in [0.5, 0.6) is 0 Å². The van der Waals surface area contributed by atoms with E-state index >= 15 is 0 Å². The summed E-state index contributed by atoms with van der Waals surface area (Å²) in [5.41, 5.74) is 0.649. The zero-order valence-corrected chi connectivity index (χ0v) is 15.6. The summed E-state index contributed by atoms with van der Waals surface area (Å²) in [5, 5.41) is 28.0. The Morgan fingerprint density at radius 3 is 2.67 bits per heavy atom. The first-order valence-corrected chi connectivity index (χ1v) is 9.85. The Hall–Kier alpha value is -2.57. The Balaban J connectivity index is 1.37. The van der Waals surface area contributed by atoms with Gasteiger partial charge in [0.25, 0.3) is 5.69 Å². The zero-order chi connectivity index (χ0) is 18.6. The van der Waals surface area contributed by atoms with Gasteiger partial charge >= 0.3 is 0 Å². The molecule has 140 valence electrons. The summed E-state index contributed by atoms with van der Waals surface area (Å²) in [4.78, 5) is 12.4. The molecular weight excluding hydrogens is 392 g/mol. The van der Waals surface area contributed by atoms with Gasteiger partial charge in [-0.2, -0.15) is 0 Å². The summed E-state index contributed by atoms with van der Waals surface area (Å²) < 4.78 is 11.8. The van der Waals surface area contributed by atoms with Crippen LogP contribution in [0.15, 0.2) is 33.0 Å². The summed E-state index contributed by atoms with van der Waals surface area (Å²) >= 11 is 3.00. The predicted molar refractivity (Wildman–Crippen MR) is 98.9 cm³/mol. The van der Waals surface area contributed by atoms with Gasteiger partial charge in [-0.15, -0.1) is 20.4 Å². The molecule has 0 atom stereocenters. The molecule has 0 N–H and O–H groups in total. The summed E-state index contributed by atoms with van der Waals surface area (Å²) in [6.07, 6.45) is 0. The summed E-state index contributed by atoms with van der Waals surface area (Å²) in [6.45, 7) is 3.05. The zero-order valence-electron chi connectivity index (χ0n) is 14.0. The normalized spacial score (nSPS) is 14.4. The van der Waals surface area contributed by atoms with E-state index in [0.717, 1.165) is 22.6 Å². The standard InChI is InChI=1S/C15H14N6O4S2/c22-21(23)11-3-1-10(2-4-11)13-17-16-12(25-13)9-26-15-19-18-14(27-15)20-5-7-24-8-6-20/h1-4H,5-9H2. The van der Waals surface area contributed by atoms with Crippen LogP contribution in [0, 0.1) is 10.1 Å². The minimum Gasteiger partial charge on any atom is -0.420 e. The molecule has 0 spiro atoms. The van der Waals surface area contributed by atoms with Gasteiger partial charge in [-0.05, 0) is 12.1 Å². The Labute approximate surface area is 161 Å². The van der Waals surface area contributed by atoms with Crippen molar-refractivity contribution in [2.75, 3.05) is 31.2 Å². The van der Waals surface area contributed by atoms with Gasteiger partial charge in [0.2, 0.25) is 16.9 Å². The van der Waals surface area contributed by atoms with E-state index in [2.05, 4.69) is 25.3 Å². The quantitative estimate of drug-likeness (QED) is 0.343. The van der Waals surface area contributed by atoms with Crippen molar-refractivity contribution < 1.29 is 14.1 Å². The molecule has 4 rings (SSSR count). The van der Waals surface area contributed by atoms with Crippen molar-refractivity contribution in [2.45, 2.75) is 10.1 Å². The highest BCUT2D eigenvalue weighted by molar-refractivity contribution is 8.00. The fourth-order valence-electron chi connectivity index (χ4n) is 2.42. The van der Waals surface area contributed by atoms with Crippen molar-refractivity contribution >= 4 is 33.9 Å². The van der Waals surface area contributed by atoms with Gasteiger partial charge in [0.05, 0.1) is 23.9 Å². The number of hydrogen-bond donors (Lipinski definition) is 0. The van der Waals surface area contributed by atoms with E-state index in [1.165, 1.54) is 35.2 Å². The molecule has 1 aliphatic heterocycles. The van der Waals surface area contributed by atoms with Crippen molar-refractivity contribution in [3.8, 4) is 11.5 Å². The largest absolute Gasteiger partial charge is 0.420 e.